The minimum atomic E-state index is -0.412. The Labute approximate surface area is 152 Å². The molecule has 3 aliphatic rings. The number of rotatable bonds is 3. The number of imide groups is 1. The molecule has 5 heteroatoms. The molecule has 1 saturated heterocycles. The first kappa shape index (κ1) is 16.8. The van der Waals surface area contributed by atoms with Crippen molar-refractivity contribution in [3.63, 3.8) is 0 Å². The number of ether oxygens (including phenoxy) is 1. The summed E-state index contributed by atoms with van der Waals surface area (Å²) >= 11 is 0. The number of esters is 1. The first-order valence-corrected chi connectivity index (χ1v) is 8.96. The zero-order chi connectivity index (χ0) is 18.6. The maximum atomic E-state index is 13.0. The van der Waals surface area contributed by atoms with Gasteiger partial charge in [-0.3, -0.25) is 9.59 Å². The van der Waals surface area contributed by atoms with Crippen molar-refractivity contribution in [3.8, 4) is 0 Å². The number of anilines is 1. The summed E-state index contributed by atoms with van der Waals surface area (Å²) in [5, 5.41) is 0. The van der Waals surface area contributed by atoms with Gasteiger partial charge in [-0.15, -0.1) is 0 Å². The largest absolute Gasteiger partial charge is 0.462 e. The van der Waals surface area contributed by atoms with Gasteiger partial charge in [0.1, 0.15) is 0 Å². The molecule has 5 nitrogen and oxygen atoms in total. The molecular formula is C21H21NO4. The summed E-state index contributed by atoms with van der Waals surface area (Å²) < 4.78 is 4.97. The number of carbonyl (C=O) groups is 3. The van der Waals surface area contributed by atoms with Crippen LogP contribution in [-0.2, 0) is 14.3 Å². The lowest BCUT2D eigenvalue weighted by molar-refractivity contribution is -0.122. The average Bonchev–Trinajstić information content (AvgIpc) is 3.25. The van der Waals surface area contributed by atoms with Gasteiger partial charge in [-0.2, -0.15) is 0 Å². The Bertz CT molecular complexity index is 827. The number of hydrogen-bond acceptors (Lipinski definition) is 4. The SMILES string of the molecule is CCOC(=O)c1ccc(N2C(=O)C3C4C=CC(C4=C(C)C)C3C2=O)cc1. The van der Waals surface area contributed by atoms with Gasteiger partial charge in [0.05, 0.1) is 29.7 Å². The smallest absolute Gasteiger partial charge is 0.338 e. The van der Waals surface area contributed by atoms with Gasteiger partial charge in [-0.1, -0.05) is 23.3 Å². The highest BCUT2D eigenvalue weighted by Crippen LogP contribution is 2.57. The Morgan fingerprint density at radius 1 is 1.00 bits per heavy atom. The molecule has 26 heavy (non-hydrogen) atoms. The van der Waals surface area contributed by atoms with Crippen molar-refractivity contribution in [2.75, 3.05) is 11.5 Å². The third kappa shape index (κ3) is 2.19. The molecule has 1 aromatic rings. The molecule has 4 unspecified atom stereocenters. The predicted octanol–water partition coefficient (Wildman–Crippen LogP) is 3.12. The van der Waals surface area contributed by atoms with Gasteiger partial charge < -0.3 is 4.74 Å². The third-order valence-electron chi connectivity index (χ3n) is 5.63. The van der Waals surface area contributed by atoms with Gasteiger partial charge in [0.15, 0.2) is 0 Å². The van der Waals surface area contributed by atoms with Crippen molar-refractivity contribution >= 4 is 23.5 Å². The number of hydrogen-bond donors (Lipinski definition) is 0. The summed E-state index contributed by atoms with van der Waals surface area (Å²) in [4.78, 5) is 39.1. The summed E-state index contributed by atoms with van der Waals surface area (Å²) in [6, 6.07) is 6.47. The fraction of sp³-hybridized carbons (Fsp3) is 0.381. The molecule has 1 saturated carbocycles. The lowest BCUT2D eigenvalue weighted by Gasteiger charge is -2.19. The average molecular weight is 351 g/mol. The van der Waals surface area contributed by atoms with Crippen LogP contribution in [0.4, 0.5) is 5.69 Å². The van der Waals surface area contributed by atoms with Crippen molar-refractivity contribution in [3.05, 3.63) is 53.1 Å². The summed E-state index contributed by atoms with van der Waals surface area (Å²) in [6.45, 7) is 6.14. The Balaban J connectivity index is 1.64. The molecule has 2 aliphatic carbocycles. The minimum Gasteiger partial charge on any atom is -0.462 e. The first-order valence-electron chi connectivity index (χ1n) is 8.96. The van der Waals surface area contributed by atoms with Crippen molar-refractivity contribution < 1.29 is 19.1 Å². The number of allylic oxidation sites excluding steroid dienone is 4. The number of amides is 2. The summed E-state index contributed by atoms with van der Waals surface area (Å²) in [5.74, 6) is -1.21. The molecule has 2 bridgehead atoms. The minimum absolute atomic E-state index is 0.0373. The Kier molecular flexibility index (Phi) is 3.83. The van der Waals surface area contributed by atoms with E-state index in [0.29, 0.717) is 17.9 Å². The van der Waals surface area contributed by atoms with E-state index in [4.69, 9.17) is 4.74 Å². The zero-order valence-corrected chi connectivity index (χ0v) is 15.1. The molecule has 134 valence electrons. The van der Waals surface area contributed by atoms with E-state index in [1.165, 1.54) is 16.0 Å². The fourth-order valence-electron chi connectivity index (χ4n) is 4.65. The predicted molar refractivity (Wildman–Crippen MR) is 96.4 cm³/mol. The maximum Gasteiger partial charge on any atom is 0.338 e. The van der Waals surface area contributed by atoms with Crippen LogP contribution in [0, 0.1) is 23.7 Å². The van der Waals surface area contributed by atoms with Crippen LogP contribution in [-0.4, -0.2) is 24.4 Å². The van der Waals surface area contributed by atoms with E-state index in [-0.39, 0.29) is 35.5 Å². The van der Waals surface area contributed by atoms with E-state index in [9.17, 15) is 14.4 Å². The summed E-state index contributed by atoms with van der Waals surface area (Å²) in [5.41, 5.74) is 3.35. The zero-order valence-electron chi connectivity index (χ0n) is 15.1. The van der Waals surface area contributed by atoms with E-state index in [1.54, 1.807) is 31.2 Å². The standard InChI is InChI=1S/C21H21NO4/c1-4-26-21(25)12-5-7-13(8-6-12)22-19(23)17-14-9-10-15(16(14)11(2)3)18(17)20(22)24/h5-10,14-15,17-18H,4H2,1-3H3. The number of carbonyl (C=O) groups excluding carboxylic acids is 3. The molecular weight excluding hydrogens is 330 g/mol. The van der Waals surface area contributed by atoms with E-state index in [0.717, 1.165) is 0 Å². The summed E-state index contributed by atoms with van der Waals surface area (Å²) in [6.07, 6.45) is 4.15. The highest BCUT2D eigenvalue weighted by atomic mass is 16.5. The number of benzene rings is 1. The van der Waals surface area contributed by atoms with Crippen LogP contribution < -0.4 is 4.90 Å². The van der Waals surface area contributed by atoms with E-state index in [1.807, 2.05) is 13.8 Å². The van der Waals surface area contributed by atoms with Crippen molar-refractivity contribution in [1.29, 1.82) is 0 Å². The van der Waals surface area contributed by atoms with Crippen LogP contribution in [0.25, 0.3) is 0 Å². The molecule has 1 aromatic carbocycles. The Hall–Kier alpha value is -2.69. The van der Waals surface area contributed by atoms with Crippen LogP contribution in [0.2, 0.25) is 0 Å². The molecule has 0 aromatic heterocycles. The third-order valence-corrected chi connectivity index (χ3v) is 5.63. The number of fused-ring (bicyclic) bond motifs is 5. The second-order valence-corrected chi connectivity index (χ2v) is 7.22. The molecule has 0 spiro atoms. The lowest BCUT2D eigenvalue weighted by Crippen LogP contribution is -2.33. The molecule has 1 aliphatic heterocycles. The molecule has 0 N–H and O–H groups in total. The van der Waals surface area contributed by atoms with Crippen LogP contribution in [0.1, 0.15) is 31.1 Å². The Morgan fingerprint density at radius 2 is 1.54 bits per heavy atom. The van der Waals surface area contributed by atoms with Gasteiger partial charge in [0, 0.05) is 11.8 Å². The van der Waals surface area contributed by atoms with Crippen LogP contribution in [0.15, 0.2) is 47.6 Å². The quantitative estimate of drug-likeness (QED) is 0.477. The van der Waals surface area contributed by atoms with E-state index < -0.39 is 5.97 Å². The lowest BCUT2D eigenvalue weighted by atomic mass is 9.85. The summed E-state index contributed by atoms with van der Waals surface area (Å²) in [7, 11) is 0. The molecule has 1 heterocycles. The van der Waals surface area contributed by atoms with Crippen LogP contribution in [0.3, 0.4) is 0 Å². The molecule has 4 rings (SSSR count). The highest BCUT2D eigenvalue weighted by molar-refractivity contribution is 6.23. The Morgan fingerprint density at radius 3 is 2.00 bits per heavy atom. The number of nitrogens with zero attached hydrogens (tertiary/aromatic N) is 1. The van der Waals surface area contributed by atoms with Gasteiger partial charge in [0.2, 0.25) is 11.8 Å². The second kappa shape index (κ2) is 5.94. The van der Waals surface area contributed by atoms with Gasteiger partial charge in [-0.25, -0.2) is 9.69 Å². The maximum absolute atomic E-state index is 13.0. The molecule has 2 fully saturated rings. The van der Waals surface area contributed by atoms with Gasteiger partial charge in [-0.05, 0) is 45.0 Å². The highest BCUT2D eigenvalue weighted by Gasteiger charge is 2.61. The van der Waals surface area contributed by atoms with Crippen LogP contribution >= 0.6 is 0 Å². The van der Waals surface area contributed by atoms with Gasteiger partial charge >= 0.3 is 5.97 Å². The second-order valence-electron chi connectivity index (χ2n) is 7.22. The van der Waals surface area contributed by atoms with E-state index in [2.05, 4.69) is 12.2 Å². The van der Waals surface area contributed by atoms with Crippen molar-refractivity contribution in [1.82, 2.24) is 0 Å². The van der Waals surface area contributed by atoms with Crippen LogP contribution in [0.5, 0.6) is 0 Å². The normalized spacial score (nSPS) is 28.7. The molecule has 0 radical (unpaired) electrons. The first-order chi connectivity index (χ1) is 12.5. The van der Waals surface area contributed by atoms with Crippen molar-refractivity contribution in [2.24, 2.45) is 23.7 Å². The topological polar surface area (TPSA) is 63.7 Å². The fourth-order valence-corrected chi connectivity index (χ4v) is 4.65. The van der Waals surface area contributed by atoms with E-state index >= 15 is 0 Å². The molecule has 2 amide bonds. The van der Waals surface area contributed by atoms with Crippen molar-refractivity contribution in [2.45, 2.75) is 20.8 Å². The monoisotopic (exact) mass is 351 g/mol. The molecule has 4 atom stereocenters. The van der Waals surface area contributed by atoms with Gasteiger partial charge in [0.25, 0.3) is 0 Å².